The van der Waals surface area contributed by atoms with Crippen LogP contribution in [-0.4, -0.2) is 43.1 Å². The Morgan fingerprint density at radius 2 is 1.87 bits per heavy atom. The summed E-state index contributed by atoms with van der Waals surface area (Å²) in [5.41, 5.74) is 2.98. The number of fused-ring (bicyclic) bond motifs is 3. The molecule has 0 bridgehead atoms. The molecule has 0 aliphatic heterocycles. The molecule has 4 aromatic heterocycles. The number of ether oxygens (including phenoxy) is 1. The van der Waals surface area contributed by atoms with E-state index in [4.69, 9.17) is 10.00 Å². The minimum absolute atomic E-state index is 0.0565. The first-order valence-corrected chi connectivity index (χ1v) is 13.9. The summed E-state index contributed by atoms with van der Waals surface area (Å²) in [6.45, 7) is 4.06. The van der Waals surface area contributed by atoms with Crippen LogP contribution in [0.2, 0.25) is 0 Å². The zero-order valence-electron chi connectivity index (χ0n) is 20.9. The highest BCUT2D eigenvalue weighted by Gasteiger charge is 2.38. The van der Waals surface area contributed by atoms with E-state index in [-0.39, 0.29) is 16.9 Å². The molecule has 0 saturated heterocycles. The Labute approximate surface area is 219 Å². The predicted molar refractivity (Wildman–Crippen MR) is 139 cm³/mol. The van der Waals surface area contributed by atoms with Crippen LogP contribution in [0.15, 0.2) is 66.0 Å². The van der Waals surface area contributed by atoms with E-state index in [0.29, 0.717) is 40.6 Å². The summed E-state index contributed by atoms with van der Waals surface area (Å²) in [5.74, 6) is 1.61. The molecular formula is C27H25N7O3S. The van der Waals surface area contributed by atoms with E-state index < -0.39 is 10.0 Å². The smallest absolute Gasteiger partial charge is 0.269 e. The van der Waals surface area contributed by atoms with Crippen LogP contribution in [0.5, 0.6) is 5.88 Å². The summed E-state index contributed by atoms with van der Waals surface area (Å²) in [7, 11) is -3.83. The number of benzene rings is 1. The fraction of sp³-hybridized carbons (Fsp3) is 0.296. The molecule has 0 amide bonds. The number of nitriles is 1. The molecule has 0 N–H and O–H groups in total. The standard InChI is InChI=1S/C27H25N7O3S/c1-3-19-12-20(37-25-9-6-18(14-28)15-29-25)13-22(19)26-32-31-24-16-30-27-23(34(24)26)10-11-33(27)38(35,36)21-7-4-17(2)5-8-21/h4-11,15-16,19-20,22H,3,12-13H2,1-2H3/t19-,20-,22+/m1/s1. The second-order valence-electron chi connectivity index (χ2n) is 9.63. The Hall–Kier alpha value is -4.30. The van der Waals surface area contributed by atoms with Crippen LogP contribution in [-0.2, 0) is 10.0 Å². The minimum atomic E-state index is -3.83. The van der Waals surface area contributed by atoms with Crippen molar-refractivity contribution in [2.24, 2.45) is 5.92 Å². The van der Waals surface area contributed by atoms with Crippen molar-refractivity contribution < 1.29 is 13.2 Å². The SMILES string of the molecule is CC[C@@H]1C[C@@H](Oc2ccc(C#N)cn2)C[C@@H]1c1nnc2cnc3c(ccn3S(=O)(=O)c3ccc(C)cc3)n12. The first-order valence-electron chi connectivity index (χ1n) is 12.4. The van der Waals surface area contributed by atoms with Crippen molar-refractivity contribution in [2.45, 2.75) is 50.0 Å². The molecule has 1 saturated carbocycles. The maximum Gasteiger partial charge on any atom is 0.269 e. The molecule has 10 nitrogen and oxygen atoms in total. The Kier molecular flexibility index (Phi) is 5.84. The maximum absolute atomic E-state index is 13.4. The van der Waals surface area contributed by atoms with E-state index in [1.807, 2.05) is 11.3 Å². The molecule has 0 spiro atoms. The van der Waals surface area contributed by atoms with Gasteiger partial charge < -0.3 is 4.74 Å². The van der Waals surface area contributed by atoms with Gasteiger partial charge in [0, 0.05) is 24.4 Å². The van der Waals surface area contributed by atoms with Gasteiger partial charge in [-0.2, -0.15) is 5.26 Å². The second kappa shape index (κ2) is 9.22. The molecule has 1 fully saturated rings. The third-order valence-corrected chi connectivity index (χ3v) is 8.98. The molecule has 192 valence electrons. The number of hydrogen-bond donors (Lipinski definition) is 0. The lowest BCUT2D eigenvalue weighted by molar-refractivity contribution is 0.195. The number of pyridine rings is 1. The molecule has 6 rings (SSSR count). The maximum atomic E-state index is 13.4. The van der Waals surface area contributed by atoms with Crippen molar-refractivity contribution in [3.8, 4) is 11.9 Å². The van der Waals surface area contributed by atoms with Crippen LogP contribution >= 0.6 is 0 Å². The highest BCUT2D eigenvalue weighted by atomic mass is 32.2. The Morgan fingerprint density at radius 1 is 1.05 bits per heavy atom. The van der Waals surface area contributed by atoms with Gasteiger partial charge in [-0.1, -0.05) is 31.0 Å². The van der Waals surface area contributed by atoms with Gasteiger partial charge in [0.2, 0.25) is 5.88 Å². The van der Waals surface area contributed by atoms with Gasteiger partial charge in [-0.3, -0.25) is 4.40 Å². The molecule has 1 aliphatic rings. The van der Waals surface area contributed by atoms with Crippen LogP contribution in [0.3, 0.4) is 0 Å². The summed E-state index contributed by atoms with van der Waals surface area (Å²) in [6, 6.07) is 14.0. The highest BCUT2D eigenvalue weighted by molar-refractivity contribution is 7.90. The van der Waals surface area contributed by atoms with Gasteiger partial charge in [0.05, 0.1) is 22.2 Å². The average molecular weight is 528 g/mol. The van der Waals surface area contributed by atoms with Gasteiger partial charge in [-0.15, -0.1) is 10.2 Å². The van der Waals surface area contributed by atoms with Gasteiger partial charge in [0.15, 0.2) is 11.3 Å². The molecule has 1 aliphatic carbocycles. The number of aromatic nitrogens is 6. The van der Waals surface area contributed by atoms with Crippen LogP contribution in [0.1, 0.15) is 49.1 Å². The van der Waals surface area contributed by atoms with Crippen molar-refractivity contribution in [1.29, 1.82) is 5.26 Å². The minimum Gasteiger partial charge on any atom is -0.474 e. The van der Waals surface area contributed by atoms with E-state index in [1.165, 1.54) is 16.4 Å². The van der Waals surface area contributed by atoms with E-state index in [1.54, 1.807) is 48.7 Å². The molecular weight excluding hydrogens is 502 g/mol. The molecule has 3 atom stereocenters. The summed E-state index contributed by atoms with van der Waals surface area (Å²) in [6.07, 6.45) is 7.00. The van der Waals surface area contributed by atoms with Crippen molar-refractivity contribution in [2.75, 3.05) is 0 Å². The van der Waals surface area contributed by atoms with Crippen molar-refractivity contribution in [3.63, 3.8) is 0 Å². The lowest BCUT2D eigenvalue weighted by Gasteiger charge is -2.16. The second-order valence-corrected chi connectivity index (χ2v) is 11.4. The third kappa shape index (κ3) is 3.97. The number of hydrogen-bond acceptors (Lipinski definition) is 8. The van der Waals surface area contributed by atoms with Crippen LogP contribution in [0, 0.1) is 24.2 Å². The molecule has 11 heteroatoms. The first-order chi connectivity index (χ1) is 18.4. The van der Waals surface area contributed by atoms with E-state index in [9.17, 15) is 8.42 Å². The monoisotopic (exact) mass is 527 g/mol. The predicted octanol–water partition coefficient (Wildman–Crippen LogP) is 4.24. The van der Waals surface area contributed by atoms with Crippen LogP contribution in [0.4, 0.5) is 0 Å². The molecule has 4 heterocycles. The Bertz CT molecular complexity index is 1790. The van der Waals surface area contributed by atoms with Crippen LogP contribution < -0.4 is 4.74 Å². The average Bonchev–Trinajstić information content (AvgIpc) is 3.65. The Morgan fingerprint density at radius 3 is 2.58 bits per heavy atom. The summed E-state index contributed by atoms with van der Waals surface area (Å²) in [4.78, 5) is 8.90. The number of aryl methyl sites for hydroxylation is 1. The van der Waals surface area contributed by atoms with Gasteiger partial charge in [-0.05, 0) is 49.9 Å². The molecule has 0 radical (unpaired) electrons. The number of rotatable bonds is 6. The zero-order valence-corrected chi connectivity index (χ0v) is 21.7. The largest absolute Gasteiger partial charge is 0.474 e. The molecule has 38 heavy (non-hydrogen) atoms. The lowest BCUT2D eigenvalue weighted by atomic mass is 9.93. The number of nitrogens with zero attached hydrogens (tertiary/aromatic N) is 7. The van der Waals surface area contributed by atoms with Gasteiger partial charge >= 0.3 is 0 Å². The summed E-state index contributed by atoms with van der Waals surface area (Å²) in [5, 5.41) is 17.9. The van der Waals surface area contributed by atoms with E-state index in [0.717, 1.165) is 24.2 Å². The molecule has 0 unspecified atom stereocenters. The highest BCUT2D eigenvalue weighted by Crippen LogP contribution is 2.42. The van der Waals surface area contributed by atoms with E-state index >= 15 is 0 Å². The van der Waals surface area contributed by atoms with E-state index in [2.05, 4.69) is 33.2 Å². The van der Waals surface area contributed by atoms with Crippen LogP contribution in [0.25, 0.3) is 16.8 Å². The van der Waals surface area contributed by atoms with Gasteiger partial charge in [-0.25, -0.2) is 22.4 Å². The normalized spacial score (nSPS) is 19.7. The zero-order chi connectivity index (χ0) is 26.4. The van der Waals surface area contributed by atoms with Gasteiger partial charge in [0.1, 0.15) is 18.0 Å². The van der Waals surface area contributed by atoms with Gasteiger partial charge in [0.25, 0.3) is 10.0 Å². The van der Waals surface area contributed by atoms with Crippen molar-refractivity contribution in [3.05, 3.63) is 78.0 Å². The molecule has 5 aromatic rings. The van der Waals surface area contributed by atoms with Crippen molar-refractivity contribution in [1.82, 2.24) is 28.5 Å². The quantitative estimate of drug-likeness (QED) is 0.321. The Balaban J connectivity index is 1.37. The first kappa shape index (κ1) is 24.1. The fourth-order valence-corrected chi connectivity index (χ4v) is 6.63. The third-order valence-electron chi connectivity index (χ3n) is 7.30. The summed E-state index contributed by atoms with van der Waals surface area (Å²) < 4.78 is 36.2. The lowest BCUT2D eigenvalue weighted by Crippen LogP contribution is -2.14. The molecule has 1 aromatic carbocycles. The fourth-order valence-electron chi connectivity index (χ4n) is 5.33. The van der Waals surface area contributed by atoms with Crippen molar-refractivity contribution >= 4 is 26.8 Å². The summed E-state index contributed by atoms with van der Waals surface area (Å²) >= 11 is 0. The topological polar surface area (TPSA) is 128 Å².